The Morgan fingerprint density at radius 1 is 1.64 bits per heavy atom. The van der Waals surface area contributed by atoms with Crippen LogP contribution in [0, 0.1) is 0 Å². The fourth-order valence-corrected chi connectivity index (χ4v) is 1.94. The van der Waals surface area contributed by atoms with Gasteiger partial charge in [0.05, 0.1) is 12.3 Å². The van der Waals surface area contributed by atoms with Gasteiger partial charge in [-0.2, -0.15) is 0 Å². The molecule has 0 saturated carbocycles. The van der Waals surface area contributed by atoms with E-state index in [0.717, 1.165) is 23.8 Å². The number of aromatic nitrogens is 1. The van der Waals surface area contributed by atoms with E-state index in [4.69, 9.17) is 10.5 Å². The van der Waals surface area contributed by atoms with E-state index in [0.29, 0.717) is 13.2 Å². The molecular weight excluding hydrogens is 198 g/mol. The van der Waals surface area contributed by atoms with Crippen molar-refractivity contribution in [2.75, 3.05) is 27.2 Å². The number of hydrogen-bond donors (Lipinski definition) is 1. The number of nitrogens with zero attached hydrogens (tertiary/aromatic N) is 2. The molecule has 0 spiro atoms. The van der Waals surface area contributed by atoms with Gasteiger partial charge < -0.3 is 10.5 Å². The number of ether oxygens (including phenoxy) is 1. The molecule has 1 aromatic rings. The molecule has 2 N–H and O–H groups in total. The number of rotatable bonds is 6. The molecule has 1 rings (SSSR count). The summed E-state index contributed by atoms with van der Waals surface area (Å²) in [7, 11) is 3.73. The molecule has 0 atom stereocenters. The van der Waals surface area contributed by atoms with Crippen molar-refractivity contribution >= 4 is 11.3 Å². The van der Waals surface area contributed by atoms with Crippen molar-refractivity contribution in [2.24, 2.45) is 5.73 Å². The lowest BCUT2D eigenvalue weighted by atomic mass is 10.4. The second kappa shape index (κ2) is 6.08. The second-order valence-corrected chi connectivity index (χ2v) is 4.13. The summed E-state index contributed by atoms with van der Waals surface area (Å²) in [6, 6.07) is 0. The second-order valence-electron chi connectivity index (χ2n) is 3.19. The largest absolute Gasteiger partial charge is 0.378 e. The number of likely N-dealkylation sites (N-methyl/N-ethyl adjacent to an activating group) is 1. The molecule has 0 radical (unpaired) electrons. The third-order valence-electron chi connectivity index (χ3n) is 1.81. The molecule has 0 amide bonds. The molecule has 0 aliphatic heterocycles. The molecular formula is C9H17N3OS. The standard InChI is InChI=1S/C9H17N3OS/c1-12(4-3-10)5-8-7-14-9(11-8)6-13-2/h7H,3-6,10H2,1-2H3. The average molecular weight is 215 g/mol. The predicted molar refractivity (Wildman–Crippen MR) is 58.2 cm³/mol. The molecule has 5 heteroatoms. The normalized spacial score (nSPS) is 11.1. The quantitative estimate of drug-likeness (QED) is 0.758. The Labute approximate surface area is 88.7 Å². The van der Waals surface area contributed by atoms with Crippen LogP contribution in [0.3, 0.4) is 0 Å². The Morgan fingerprint density at radius 2 is 2.43 bits per heavy atom. The summed E-state index contributed by atoms with van der Waals surface area (Å²) < 4.78 is 5.01. The van der Waals surface area contributed by atoms with Gasteiger partial charge in [0, 0.05) is 32.1 Å². The Kier molecular flexibility index (Phi) is 5.03. The highest BCUT2D eigenvalue weighted by Gasteiger charge is 2.04. The van der Waals surface area contributed by atoms with Crippen LogP contribution in [0.1, 0.15) is 10.7 Å². The Hall–Kier alpha value is -0.490. The fraction of sp³-hybridized carbons (Fsp3) is 0.667. The van der Waals surface area contributed by atoms with Gasteiger partial charge in [-0.25, -0.2) is 4.98 Å². The van der Waals surface area contributed by atoms with E-state index >= 15 is 0 Å². The van der Waals surface area contributed by atoms with E-state index in [-0.39, 0.29) is 0 Å². The van der Waals surface area contributed by atoms with Gasteiger partial charge in [0.2, 0.25) is 0 Å². The lowest BCUT2D eigenvalue weighted by Gasteiger charge is -2.12. The first-order valence-electron chi connectivity index (χ1n) is 4.57. The summed E-state index contributed by atoms with van der Waals surface area (Å²) in [6.07, 6.45) is 0. The van der Waals surface area contributed by atoms with Crippen LogP contribution in [-0.4, -0.2) is 37.1 Å². The summed E-state index contributed by atoms with van der Waals surface area (Å²) in [5, 5.41) is 3.10. The van der Waals surface area contributed by atoms with Crippen molar-refractivity contribution in [1.82, 2.24) is 9.88 Å². The summed E-state index contributed by atoms with van der Waals surface area (Å²) in [5.41, 5.74) is 6.55. The van der Waals surface area contributed by atoms with Crippen molar-refractivity contribution < 1.29 is 4.74 Å². The summed E-state index contributed by atoms with van der Waals surface area (Å²) in [6.45, 7) is 3.05. The summed E-state index contributed by atoms with van der Waals surface area (Å²) >= 11 is 1.64. The van der Waals surface area contributed by atoms with Crippen molar-refractivity contribution in [3.8, 4) is 0 Å². The molecule has 0 saturated heterocycles. The van der Waals surface area contributed by atoms with Crippen LogP contribution in [-0.2, 0) is 17.9 Å². The van der Waals surface area contributed by atoms with Crippen molar-refractivity contribution in [3.63, 3.8) is 0 Å². The highest BCUT2D eigenvalue weighted by molar-refractivity contribution is 7.09. The van der Waals surface area contributed by atoms with Crippen LogP contribution in [0.25, 0.3) is 0 Å². The van der Waals surface area contributed by atoms with E-state index in [1.807, 2.05) is 7.05 Å². The molecule has 0 unspecified atom stereocenters. The van der Waals surface area contributed by atoms with E-state index in [9.17, 15) is 0 Å². The minimum absolute atomic E-state index is 0.602. The molecule has 0 aromatic carbocycles. The van der Waals surface area contributed by atoms with Crippen molar-refractivity contribution in [2.45, 2.75) is 13.2 Å². The first-order chi connectivity index (χ1) is 6.76. The maximum absolute atomic E-state index is 5.46. The highest BCUT2D eigenvalue weighted by atomic mass is 32.1. The Bertz CT molecular complexity index is 264. The van der Waals surface area contributed by atoms with Crippen molar-refractivity contribution in [1.29, 1.82) is 0 Å². The van der Waals surface area contributed by atoms with Gasteiger partial charge in [-0.1, -0.05) is 0 Å². The van der Waals surface area contributed by atoms with Gasteiger partial charge in [0.25, 0.3) is 0 Å². The lowest BCUT2D eigenvalue weighted by Crippen LogP contribution is -2.25. The molecule has 0 bridgehead atoms. The number of nitrogens with two attached hydrogens (primary N) is 1. The SMILES string of the molecule is COCc1nc(CN(C)CCN)cs1. The van der Waals surface area contributed by atoms with Crippen LogP contribution >= 0.6 is 11.3 Å². The van der Waals surface area contributed by atoms with Gasteiger partial charge in [0.1, 0.15) is 5.01 Å². The van der Waals surface area contributed by atoms with E-state index in [1.54, 1.807) is 18.4 Å². The van der Waals surface area contributed by atoms with Crippen LogP contribution in [0.2, 0.25) is 0 Å². The minimum atomic E-state index is 0.602. The third-order valence-corrected chi connectivity index (χ3v) is 2.68. The van der Waals surface area contributed by atoms with Crippen LogP contribution in [0.5, 0.6) is 0 Å². The van der Waals surface area contributed by atoms with Gasteiger partial charge in [-0.05, 0) is 7.05 Å². The zero-order valence-electron chi connectivity index (χ0n) is 8.69. The van der Waals surface area contributed by atoms with Gasteiger partial charge in [0.15, 0.2) is 0 Å². The molecule has 80 valence electrons. The first-order valence-corrected chi connectivity index (χ1v) is 5.45. The average Bonchev–Trinajstić information content (AvgIpc) is 2.53. The van der Waals surface area contributed by atoms with Crippen LogP contribution in [0.15, 0.2) is 5.38 Å². The van der Waals surface area contributed by atoms with Gasteiger partial charge in [-0.3, -0.25) is 4.90 Å². The zero-order chi connectivity index (χ0) is 10.4. The zero-order valence-corrected chi connectivity index (χ0v) is 9.51. The van der Waals surface area contributed by atoms with Crippen LogP contribution < -0.4 is 5.73 Å². The number of hydrogen-bond acceptors (Lipinski definition) is 5. The van der Waals surface area contributed by atoms with Gasteiger partial charge >= 0.3 is 0 Å². The highest BCUT2D eigenvalue weighted by Crippen LogP contribution is 2.11. The van der Waals surface area contributed by atoms with E-state index in [1.165, 1.54) is 0 Å². The molecule has 0 fully saturated rings. The smallest absolute Gasteiger partial charge is 0.119 e. The molecule has 1 heterocycles. The van der Waals surface area contributed by atoms with E-state index < -0.39 is 0 Å². The molecule has 1 aromatic heterocycles. The molecule has 0 aliphatic carbocycles. The maximum Gasteiger partial charge on any atom is 0.119 e. The third kappa shape index (κ3) is 3.71. The molecule has 14 heavy (non-hydrogen) atoms. The molecule has 0 aliphatic rings. The summed E-state index contributed by atoms with van der Waals surface area (Å²) in [4.78, 5) is 6.59. The molecule has 4 nitrogen and oxygen atoms in total. The minimum Gasteiger partial charge on any atom is -0.378 e. The number of methoxy groups -OCH3 is 1. The maximum atomic E-state index is 5.46. The van der Waals surface area contributed by atoms with Gasteiger partial charge in [-0.15, -0.1) is 11.3 Å². The summed E-state index contributed by atoms with van der Waals surface area (Å²) in [5.74, 6) is 0. The van der Waals surface area contributed by atoms with E-state index in [2.05, 4.69) is 15.3 Å². The predicted octanol–water partition coefficient (Wildman–Crippen LogP) is 0.680. The topological polar surface area (TPSA) is 51.4 Å². The number of thiazole rings is 1. The monoisotopic (exact) mass is 215 g/mol. The Morgan fingerprint density at radius 3 is 3.07 bits per heavy atom. The van der Waals surface area contributed by atoms with Crippen LogP contribution in [0.4, 0.5) is 0 Å². The fourth-order valence-electron chi connectivity index (χ4n) is 1.19. The Balaban J connectivity index is 2.42. The lowest BCUT2D eigenvalue weighted by molar-refractivity contribution is 0.184. The van der Waals surface area contributed by atoms with Crippen molar-refractivity contribution in [3.05, 3.63) is 16.1 Å². The first kappa shape index (κ1) is 11.6.